The first-order valence-corrected chi connectivity index (χ1v) is 9.35. The molecule has 25 heavy (non-hydrogen) atoms. The number of carbonyl (C=O) groups is 1. The van der Waals surface area contributed by atoms with E-state index in [4.69, 9.17) is 4.74 Å². The van der Waals surface area contributed by atoms with Crippen molar-refractivity contribution in [3.63, 3.8) is 0 Å². The molecule has 0 saturated carbocycles. The minimum absolute atomic E-state index is 0.0280. The quantitative estimate of drug-likeness (QED) is 0.803. The second-order valence-electron chi connectivity index (χ2n) is 7.22. The predicted molar refractivity (Wildman–Crippen MR) is 94.4 cm³/mol. The van der Waals surface area contributed by atoms with Crippen molar-refractivity contribution in [2.24, 2.45) is 18.9 Å². The molecule has 3 rings (SSSR count). The lowest BCUT2D eigenvalue weighted by Gasteiger charge is -2.30. The summed E-state index contributed by atoms with van der Waals surface area (Å²) in [6, 6.07) is 1.91. The monoisotopic (exact) mass is 350 g/mol. The molecule has 0 aromatic carbocycles. The molecule has 2 unspecified atom stereocenters. The van der Waals surface area contributed by atoms with Crippen molar-refractivity contribution in [3.05, 3.63) is 17.5 Å². The Kier molecular flexibility index (Phi) is 6.09. The molecule has 2 aliphatic rings. The second-order valence-corrected chi connectivity index (χ2v) is 7.22. The zero-order valence-electron chi connectivity index (χ0n) is 15.4. The average Bonchev–Trinajstić information content (AvgIpc) is 3.19. The highest BCUT2D eigenvalue weighted by molar-refractivity contribution is 5.93. The molecule has 1 aromatic rings. The summed E-state index contributed by atoms with van der Waals surface area (Å²) in [7, 11) is 1.83. The van der Waals surface area contributed by atoms with E-state index in [1.165, 1.54) is 0 Å². The molecule has 2 atom stereocenters. The van der Waals surface area contributed by atoms with Gasteiger partial charge in [-0.1, -0.05) is 13.3 Å². The van der Waals surface area contributed by atoms with Crippen molar-refractivity contribution in [1.29, 1.82) is 0 Å². The van der Waals surface area contributed by atoms with Crippen molar-refractivity contribution in [1.82, 2.24) is 19.6 Å². The molecule has 1 aromatic heterocycles. The molecule has 1 amide bonds. The van der Waals surface area contributed by atoms with E-state index in [9.17, 15) is 9.90 Å². The summed E-state index contributed by atoms with van der Waals surface area (Å²) >= 11 is 0. The van der Waals surface area contributed by atoms with Crippen molar-refractivity contribution < 1.29 is 14.6 Å². The first-order valence-electron chi connectivity index (χ1n) is 9.35. The van der Waals surface area contributed by atoms with Gasteiger partial charge in [0.15, 0.2) is 0 Å². The number of aromatic nitrogens is 2. The molecule has 0 radical (unpaired) electrons. The van der Waals surface area contributed by atoms with Crippen LogP contribution in [0.5, 0.6) is 0 Å². The van der Waals surface area contributed by atoms with Gasteiger partial charge in [0, 0.05) is 52.3 Å². The highest BCUT2D eigenvalue weighted by atomic mass is 16.5. The van der Waals surface area contributed by atoms with Gasteiger partial charge in [0.05, 0.1) is 18.9 Å². The van der Waals surface area contributed by atoms with Crippen LogP contribution in [0.3, 0.4) is 0 Å². The number of nitrogens with zero attached hydrogens (tertiary/aromatic N) is 4. The maximum absolute atomic E-state index is 12.9. The number of aliphatic hydroxyl groups excluding tert-OH is 1. The van der Waals surface area contributed by atoms with Crippen LogP contribution in [-0.4, -0.2) is 83.1 Å². The van der Waals surface area contributed by atoms with E-state index >= 15 is 0 Å². The smallest absolute Gasteiger partial charge is 0.272 e. The summed E-state index contributed by atoms with van der Waals surface area (Å²) in [5.41, 5.74) is 1.61. The number of likely N-dealkylation sites (tertiary alicyclic amines) is 1. The molecule has 140 valence electrons. The molecule has 2 aliphatic heterocycles. The van der Waals surface area contributed by atoms with E-state index in [2.05, 4.69) is 16.9 Å². The largest absolute Gasteiger partial charge is 0.396 e. The number of hydrogen-bond donors (Lipinski definition) is 1. The van der Waals surface area contributed by atoms with Crippen LogP contribution in [0, 0.1) is 11.8 Å². The van der Waals surface area contributed by atoms with Gasteiger partial charge in [-0.25, -0.2) is 0 Å². The number of aliphatic hydroxyl groups is 1. The third kappa shape index (κ3) is 4.22. The van der Waals surface area contributed by atoms with Gasteiger partial charge in [-0.2, -0.15) is 5.10 Å². The highest BCUT2D eigenvalue weighted by Gasteiger charge is 2.37. The van der Waals surface area contributed by atoms with Gasteiger partial charge in [0.1, 0.15) is 5.69 Å². The molecular formula is C18H30N4O3. The van der Waals surface area contributed by atoms with E-state index in [-0.39, 0.29) is 18.4 Å². The molecule has 0 spiro atoms. The number of carbonyl (C=O) groups excluding carboxylic acids is 1. The third-order valence-corrected chi connectivity index (χ3v) is 5.35. The Morgan fingerprint density at radius 2 is 2.04 bits per heavy atom. The van der Waals surface area contributed by atoms with Gasteiger partial charge in [0.2, 0.25) is 0 Å². The maximum Gasteiger partial charge on any atom is 0.272 e. The molecular weight excluding hydrogens is 320 g/mol. The van der Waals surface area contributed by atoms with Crippen LogP contribution in [0.2, 0.25) is 0 Å². The number of morpholine rings is 1. The number of rotatable bonds is 6. The van der Waals surface area contributed by atoms with Crippen molar-refractivity contribution >= 4 is 5.91 Å². The summed E-state index contributed by atoms with van der Waals surface area (Å²) in [5, 5.41) is 14.2. The fourth-order valence-electron chi connectivity index (χ4n) is 3.90. The van der Waals surface area contributed by atoms with E-state index in [1.807, 2.05) is 18.0 Å². The Hall–Kier alpha value is -1.44. The third-order valence-electron chi connectivity index (χ3n) is 5.35. The van der Waals surface area contributed by atoms with Gasteiger partial charge in [-0.05, 0) is 18.4 Å². The van der Waals surface area contributed by atoms with Crippen LogP contribution in [0.25, 0.3) is 0 Å². The van der Waals surface area contributed by atoms with E-state index in [0.717, 1.165) is 51.4 Å². The van der Waals surface area contributed by atoms with Crippen molar-refractivity contribution in [3.8, 4) is 0 Å². The zero-order valence-corrected chi connectivity index (χ0v) is 15.4. The van der Waals surface area contributed by atoms with Crippen LogP contribution in [-0.2, 0) is 18.2 Å². The van der Waals surface area contributed by atoms with Gasteiger partial charge in [-0.15, -0.1) is 0 Å². The highest BCUT2D eigenvalue weighted by Crippen LogP contribution is 2.26. The Balaban J connectivity index is 1.65. The normalized spacial score (nSPS) is 24.8. The molecule has 0 aliphatic carbocycles. The average molecular weight is 350 g/mol. The van der Waals surface area contributed by atoms with E-state index < -0.39 is 0 Å². The zero-order chi connectivity index (χ0) is 17.8. The van der Waals surface area contributed by atoms with Gasteiger partial charge in [-0.3, -0.25) is 14.4 Å². The lowest BCUT2D eigenvalue weighted by molar-refractivity contribution is 0.0264. The maximum atomic E-state index is 12.9. The number of amides is 1. The fourth-order valence-corrected chi connectivity index (χ4v) is 3.90. The fraction of sp³-hybridized carbons (Fsp3) is 0.778. The molecule has 0 bridgehead atoms. The van der Waals surface area contributed by atoms with Crippen molar-refractivity contribution in [2.45, 2.75) is 19.8 Å². The lowest BCUT2D eigenvalue weighted by Crippen LogP contribution is -2.41. The Labute approximate surface area is 149 Å². The Morgan fingerprint density at radius 1 is 1.32 bits per heavy atom. The lowest BCUT2D eigenvalue weighted by atomic mass is 9.96. The first-order chi connectivity index (χ1) is 12.1. The second kappa shape index (κ2) is 8.29. The van der Waals surface area contributed by atoms with Gasteiger partial charge in [0.25, 0.3) is 5.91 Å². The molecule has 3 heterocycles. The summed E-state index contributed by atoms with van der Waals surface area (Å²) in [5.74, 6) is 0.491. The van der Waals surface area contributed by atoms with E-state index in [1.54, 1.807) is 4.68 Å². The number of hydrogen-bond acceptors (Lipinski definition) is 5. The minimum Gasteiger partial charge on any atom is -0.396 e. The van der Waals surface area contributed by atoms with Crippen LogP contribution >= 0.6 is 0 Å². The summed E-state index contributed by atoms with van der Waals surface area (Å²) < 4.78 is 7.10. The first kappa shape index (κ1) is 18.4. The van der Waals surface area contributed by atoms with E-state index in [0.29, 0.717) is 24.7 Å². The van der Waals surface area contributed by atoms with Crippen LogP contribution in [0.1, 0.15) is 29.5 Å². The van der Waals surface area contributed by atoms with Crippen LogP contribution in [0.15, 0.2) is 6.07 Å². The molecule has 2 saturated heterocycles. The Morgan fingerprint density at radius 3 is 2.72 bits per heavy atom. The van der Waals surface area contributed by atoms with Gasteiger partial charge >= 0.3 is 0 Å². The number of ether oxygens (including phenoxy) is 1. The summed E-state index contributed by atoms with van der Waals surface area (Å²) in [6.45, 7) is 7.90. The number of aryl methyl sites for hydroxylation is 2. The van der Waals surface area contributed by atoms with Crippen molar-refractivity contribution in [2.75, 3.05) is 52.5 Å². The Bertz CT molecular complexity index is 583. The van der Waals surface area contributed by atoms with Gasteiger partial charge < -0.3 is 14.7 Å². The van der Waals surface area contributed by atoms with Crippen LogP contribution in [0.4, 0.5) is 0 Å². The molecule has 7 nitrogen and oxygen atoms in total. The standard InChI is InChI=1S/C18H30N4O3/c1-3-4-16-9-17(20(2)19-16)18(24)22-11-14(15(12-22)13-23)10-21-5-7-25-8-6-21/h9,14-15,23H,3-8,10-13H2,1-2H3. The van der Waals surface area contributed by atoms with Crippen LogP contribution < -0.4 is 0 Å². The molecule has 1 N–H and O–H groups in total. The summed E-state index contributed by atoms with van der Waals surface area (Å²) in [6.07, 6.45) is 1.91. The summed E-state index contributed by atoms with van der Waals surface area (Å²) in [4.78, 5) is 17.2. The SMILES string of the molecule is CCCc1cc(C(=O)N2CC(CO)C(CN3CCOCC3)C2)n(C)n1. The topological polar surface area (TPSA) is 70.8 Å². The molecule has 7 heteroatoms. The molecule has 2 fully saturated rings. The predicted octanol–water partition coefficient (Wildman–Crippen LogP) is 0.385. The minimum atomic E-state index is 0.0280.